The summed E-state index contributed by atoms with van der Waals surface area (Å²) in [7, 11) is 0. The first-order valence-electron chi connectivity index (χ1n) is 8.94. The number of carbonyl (C=O) groups is 2. The lowest BCUT2D eigenvalue weighted by Crippen LogP contribution is -2.43. The highest BCUT2D eigenvalue weighted by Crippen LogP contribution is 2.19. The summed E-state index contributed by atoms with van der Waals surface area (Å²) in [5.41, 5.74) is 1.84. The highest BCUT2D eigenvalue weighted by molar-refractivity contribution is 6.01. The molecule has 3 rings (SSSR count). The Balaban J connectivity index is 1.53. The number of guanidine groups is 1. The number of amides is 3. The van der Waals surface area contributed by atoms with Gasteiger partial charge in [-0.05, 0) is 37.1 Å². The molecule has 1 aromatic heterocycles. The molecule has 0 spiro atoms. The van der Waals surface area contributed by atoms with Crippen molar-refractivity contribution in [1.82, 2.24) is 25.8 Å². The number of nitrogens with one attached hydrogen (secondary N) is 4. The molecule has 4 N–H and O–H groups in total. The number of nitrogens with zero attached hydrogens (tertiary/aromatic N) is 2. The number of fused-ring (bicyclic) bond motifs is 1. The SMILES string of the molecule is CCNC(=NCCc1c[nH]c2cc(F)ccc12)NCCN1C(=O)CNC1=O. The molecule has 1 aliphatic heterocycles. The Hall–Kier alpha value is -3.10. The summed E-state index contributed by atoms with van der Waals surface area (Å²) in [6, 6.07) is 4.33. The quantitative estimate of drug-likeness (QED) is 0.329. The van der Waals surface area contributed by atoms with Crippen LogP contribution in [0, 0.1) is 5.82 Å². The Labute approximate surface area is 156 Å². The van der Waals surface area contributed by atoms with E-state index in [1.54, 1.807) is 6.07 Å². The maximum Gasteiger partial charge on any atom is 0.324 e. The van der Waals surface area contributed by atoms with Crippen LogP contribution in [0.4, 0.5) is 9.18 Å². The van der Waals surface area contributed by atoms with Crippen molar-refractivity contribution in [1.29, 1.82) is 0 Å². The summed E-state index contributed by atoms with van der Waals surface area (Å²) < 4.78 is 13.3. The molecule has 1 aromatic carbocycles. The molecule has 0 unspecified atom stereocenters. The molecular weight excluding hydrogens is 351 g/mol. The molecule has 1 aliphatic rings. The van der Waals surface area contributed by atoms with Crippen molar-refractivity contribution in [3.05, 3.63) is 35.8 Å². The van der Waals surface area contributed by atoms with Gasteiger partial charge in [-0.2, -0.15) is 0 Å². The molecule has 1 fully saturated rings. The smallest absolute Gasteiger partial charge is 0.324 e. The third kappa shape index (κ3) is 4.55. The monoisotopic (exact) mass is 374 g/mol. The largest absolute Gasteiger partial charge is 0.361 e. The number of aliphatic imine (C=N–C) groups is 1. The molecule has 9 heteroatoms. The molecule has 2 heterocycles. The van der Waals surface area contributed by atoms with Crippen molar-refractivity contribution in [2.24, 2.45) is 4.99 Å². The van der Waals surface area contributed by atoms with Gasteiger partial charge in [-0.25, -0.2) is 9.18 Å². The number of aromatic amines is 1. The first kappa shape index (κ1) is 18.7. The number of hydrogen-bond donors (Lipinski definition) is 4. The lowest BCUT2D eigenvalue weighted by atomic mass is 10.1. The van der Waals surface area contributed by atoms with E-state index in [2.05, 4.69) is 25.9 Å². The number of benzene rings is 1. The highest BCUT2D eigenvalue weighted by Gasteiger charge is 2.27. The van der Waals surface area contributed by atoms with E-state index in [0.29, 0.717) is 32.0 Å². The summed E-state index contributed by atoms with van der Waals surface area (Å²) in [6.45, 7) is 3.95. The molecule has 1 saturated heterocycles. The number of hydrogen-bond acceptors (Lipinski definition) is 3. The van der Waals surface area contributed by atoms with Crippen LogP contribution in [-0.4, -0.2) is 60.5 Å². The van der Waals surface area contributed by atoms with Gasteiger partial charge in [0.2, 0.25) is 5.91 Å². The molecule has 0 radical (unpaired) electrons. The van der Waals surface area contributed by atoms with Gasteiger partial charge in [0.1, 0.15) is 5.82 Å². The Morgan fingerprint density at radius 1 is 1.33 bits per heavy atom. The van der Waals surface area contributed by atoms with Crippen LogP contribution in [0.15, 0.2) is 29.4 Å². The van der Waals surface area contributed by atoms with Crippen LogP contribution < -0.4 is 16.0 Å². The van der Waals surface area contributed by atoms with E-state index in [9.17, 15) is 14.0 Å². The summed E-state index contributed by atoms with van der Waals surface area (Å²) >= 11 is 0. The van der Waals surface area contributed by atoms with Gasteiger partial charge < -0.3 is 20.9 Å². The molecule has 144 valence electrons. The van der Waals surface area contributed by atoms with Crippen LogP contribution in [0.25, 0.3) is 10.9 Å². The van der Waals surface area contributed by atoms with Crippen molar-refractivity contribution in [3.63, 3.8) is 0 Å². The van der Waals surface area contributed by atoms with E-state index in [-0.39, 0.29) is 30.8 Å². The molecule has 8 nitrogen and oxygen atoms in total. The first-order valence-corrected chi connectivity index (χ1v) is 8.94. The molecule has 0 atom stereocenters. The average Bonchev–Trinajstić information content (AvgIpc) is 3.19. The molecular formula is C18H23FN6O2. The molecule has 0 saturated carbocycles. The van der Waals surface area contributed by atoms with Crippen LogP contribution in [0.2, 0.25) is 0 Å². The topological polar surface area (TPSA) is 102 Å². The lowest BCUT2D eigenvalue weighted by Gasteiger charge is -2.15. The second-order valence-corrected chi connectivity index (χ2v) is 6.15. The first-order chi connectivity index (χ1) is 13.1. The zero-order valence-corrected chi connectivity index (χ0v) is 15.1. The minimum absolute atomic E-state index is 0.0571. The van der Waals surface area contributed by atoms with Gasteiger partial charge in [0.15, 0.2) is 5.96 Å². The highest BCUT2D eigenvalue weighted by atomic mass is 19.1. The van der Waals surface area contributed by atoms with E-state index in [0.717, 1.165) is 16.5 Å². The van der Waals surface area contributed by atoms with Crippen LogP contribution in [-0.2, 0) is 11.2 Å². The Morgan fingerprint density at radius 3 is 2.93 bits per heavy atom. The Kier molecular flexibility index (Phi) is 5.90. The van der Waals surface area contributed by atoms with Crippen molar-refractivity contribution in [3.8, 4) is 0 Å². The number of urea groups is 1. The minimum Gasteiger partial charge on any atom is -0.361 e. The molecule has 0 aliphatic carbocycles. The molecule has 3 amide bonds. The van der Waals surface area contributed by atoms with Gasteiger partial charge in [-0.15, -0.1) is 0 Å². The second kappa shape index (κ2) is 8.52. The maximum atomic E-state index is 13.3. The zero-order valence-electron chi connectivity index (χ0n) is 15.1. The van der Waals surface area contributed by atoms with E-state index in [1.807, 2.05) is 13.1 Å². The third-order valence-electron chi connectivity index (χ3n) is 4.29. The van der Waals surface area contributed by atoms with Crippen molar-refractivity contribution >= 4 is 28.8 Å². The zero-order chi connectivity index (χ0) is 19.2. The van der Waals surface area contributed by atoms with E-state index in [4.69, 9.17) is 0 Å². The fourth-order valence-electron chi connectivity index (χ4n) is 2.96. The Bertz CT molecular complexity index is 847. The summed E-state index contributed by atoms with van der Waals surface area (Å²) in [4.78, 5) is 31.8. The molecule has 2 aromatic rings. The van der Waals surface area contributed by atoms with Crippen LogP contribution in [0.3, 0.4) is 0 Å². The van der Waals surface area contributed by atoms with Gasteiger partial charge in [0.05, 0.1) is 6.54 Å². The number of rotatable bonds is 7. The lowest BCUT2D eigenvalue weighted by molar-refractivity contribution is -0.124. The van der Waals surface area contributed by atoms with Gasteiger partial charge in [-0.3, -0.25) is 14.7 Å². The predicted octanol–water partition coefficient (Wildman–Crippen LogP) is 0.956. The predicted molar refractivity (Wildman–Crippen MR) is 101 cm³/mol. The normalized spacial score (nSPS) is 14.7. The number of imide groups is 1. The van der Waals surface area contributed by atoms with E-state index >= 15 is 0 Å². The summed E-state index contributed by atoms with van der Waals surface area (Å²) in [5, 5.41) is 9.73. The molecule has 27 heavy (non-hydrogen) atoms. The van der Waals surface area contributed by atoms with Crippen LogP contribution >= 0.6 is 0 Å². The number of aromatic nitrogens is 1. The maximum absolute atomic E-state index is 13.3. The fraction of sp³-hybridized carbons (Fsp3) is 0.389. The van der Waals surface area contributed by atoms with E-state index < -0.39 is 0 Å². The van der Waals surface area contributed by atoms with Gasteiger partial charge in [-0.1, -0.05) is 0 Å². The van der Waals surface area contributed by atoms with Gasteiger partial charge in [0.25, 0.3) is 0 Å². The minimum atomic E-state index is -0.362. The van der Waals surface area contributed by atoms with Crippen molar-refractivity contribution < 1.29 is 14.0 Å². The number of halogens is 1. The number of H-pyrrole nitrogens is 1. The standard InChI is InChI=1S/C18H23FN6O2/c1-2-20-17(22-7-8-25-16(26)11-24-18(25)27)21-6-5-12-10-23-15-9-13(19)3-4-14(12)15/h3-4,9-10,23H,2,5-8,11H2,1H3,(H,24,27)(H2,20,21,22). The number of carbonyl (C=O) groups excluding carboxylic acids is 2. The van der Waals surface area contributed by atoms with Crippen molar-refractivity contribution in [2.75, 3.05) is 32.7 Å². The fourth-order valence-corrected chi connectivity index (χ4v) is 2.96. The van der Waals surface area contributed by atoms with Crippen LogP contribution in [0.1, 0.15) is 12.5 Å². The summed E-state index contributed by atoms with van der Waals surface area (Å²) in [5.74, 6) is 0.132. The molecule has 0 bridgehead atoms. The van der Waals surface area contributed by atoms with Gasteiger partial charge >= 0.3 is 6.03 Å². The van der Waals surface area contributed by atoms with Crippen LogP contribution in [0.5, 0.6) is 0 Å². The Morgan fingerprint density at radius 2 is 2.19 bits per heavy atom. The average molecular weight is 374 g/mol. The van der Waals surface area contributed by atoms with Crippen molar-refractivity contribution in [2.45, 2.75) is 13.3 Å². The van der Waals surface area contributed by atoms with Gasteiger partial charge in [0, 0.05) is 43.3 Å². The third-order valence-corrected chi connectivity index (χ3v) is 4.29. The summed E-state index contributed by atoms with van der Waals surface area (Å²) in [6.07, 6.45) is 2.58. The second-order valence-electron chi connectivity index (χ2n) is 6.15. The van der Waals surface area contributed by atoms with E-state index in [1.165, 1.54) is 17.0 Å².